The Bertz CT molecular complexity index is 1540. The van der Waals surface area contributed by atoms with Crippen LogP contribution < -0.4 is 5.32 Å². The lowest BCUT2D eigenvalue weighted by Gasteiger charge is -2.26. The summed E-state index contributed by atoms with van der Waals surface area (Å²) < 4.78 is 9.40. The predicted octanol–water partition coefficient (Wildman–Crippen LogP) is 5.37. The van der Waals surface area contributed by atoms with Crippen LogP contribution in [0, 0.1) is 5.53 Å². The number of pyridine rings is 2. The highest BCUT2D eigenvalue weighted by Gasteiger charge is 2.12. The molecule has 0 unspecified atom stereocenters. The number of rotatable bonds is 8. The number of nitrogens with zero attached hydrogens (tertiary/aromatic N) is 6. The molecule has 182 valence electrons. The van der Waals surface area contributed by atoms with Crippen molar-refractivity contribution in [3.8, 4) is 5.69 Å². The zero-order valence-electron chi connectivity index (χ0n) is 20.0. The molecule has 0 saturated carbocycles. The van der Waals surface area contributed by atoms with E-state index in [1.807, 2.05) is 22.9 Å². The summed E-state index contributed by atoms with van der Waals surface area (Å²) >= 11 is 0. The summed E-state index contributed by atoms with van der Waals surface area (Å²) in [5.74, 6) is 0. The van der Waals surface area contributed by atoms with Crippen LogP contribution in [0.2, 0.25) is 0 Å². The SMILES string of the molecule is N=N/C(=C\NCc1cn2cc(CN3CCCCC3)ccc2n1)c1cncc(-n2ccc3cocc32)c1. The van der Waals surface area contributed by atoms with Gasteiger partial charge in [-0.3, -0.25) is 9.88 Å². The maximum absolute atomic E-state index is 7.69. The molecular formula is C27H28N8O. The summed E-state index contributed by atoms with van der Waals surface area (Å²) in [6, 6.07) is 8.20. The van der Waals surface area contributed by atoms with Crippen molar-refractivity contribution in [2.24, 2.45) is 5.11 Å². The van der Waals surface area contributed by atoms with Crippen LogP contribution in [0.1, 0.15) is 36.1 Å². The largest absolute Gasteiger partial charge is 0.470 e. The fraction of sp³-hybridized carbons (Fsp3) is 0.259. The molecule has 5 aromatic heterocycles. The number of aromatic nitrogens is 4. The van der Waals surface area contributed by atoms with E-state index in [2.05, 4.69) is 49.2 Å². The van der Waals surface area contributed by atoms with E-state index in [0.29, 0.717) is 12.2 Å². The Morgan fingerprint density at radius 2 is 2.03 bits per heavy atom. The molecule has 1 fully saturated rings. The van der Waals surface area contributed by atoms with Crippen molar-refractivity contribution in [2.45, 2.75) is 32.4 Å². The molecule has 36 heavy (non-hydrogen) atoms. The number of furan rings is 1. The molecule has 0 amide bonds. The highest BCUT2D eigenvalue weighted by atomic mass is 16.3. The van der Waals surface area contributed by atoms with Crippen LogP contribution in [0.15, 0.2) is 83.5 Å². The first-order valence-electron chi connectivity index (χ1n) is 12.3. The summed E-state index contributed by atoms with van der Waals surface area (Å²) in [5, 5.41) is 8.01. The molecule has 0 radical (unpaired) electrons. The van der Waals surface area contributed by atoms with Crippen LogP contribution >= 0.6 is 0 Å². The number of hydrogen-bond donors (Lipinski definition) is 2. The van der Waals surface area contributed by atoms with E-state index in [1.54, 1.807) is 31.1 Å². The number of hydrogen-bond acceptors (Lipinski definition) is 7. The van der Waals surface area contributed by atoms with Gasteiger partial charge < -0.3 is 18.7 Å². The minimum atomic E-state index is 0.493. The molecule has 0 aromatic carbocycles. The second-order valence-electron chi connectivity index (χ2n) is 9.22. The monoisotopic (exact) mass is 480 g/mol. The highest BCUT2D eigenvalue weighted by molar-refractivity contribution is 5.80. The molecule has 1 aliphatic heterocycles. The maximum Gasteiger partial charge on any atom is 0.137 e. The predicted molar refractivity (Wildman–Crippen MR) is 138 cm³/mol. The molecule has 0 aliphatic carbocycles. The van der Waals surface area contributed by atoms with Crippen LogP contribution in [0.4, 0.5) is 0 Å². The van der Waals surface area contributed by atoms with Gasteiger partial charge in [-0.15, -0.1) is 0 Å². The Morgan fingerprint density at radius 3 is 2.92 bits per heavy atom. The Morgan fingerprint density at radius 1 is 1.11 bits per heavy atom. The minimum absolute atomic E-state index is 0.493. The van der Waals surface area contributed by atoms with Crippen LogP contribution in [0.3, 0.4) is 0 Å². The summed E-state index contributed by atoms with van der Waals surface area (Å²) in [7, 11) is 0. The first-order chi connectivity index (χ1) is 17.8. The lowest BCUT2D eigenvalue weighted by molar-refractivity contribution is 0.220. The molecule has 9 nitrogen and oxygen atoms in total. The van der Waals surface area contributed by atoms with Gasteiger partial charge in [-0.1, -0.05) is 12.5 Å². The number of piperidine rings is 1. The Hall–Kier alpha value is -4.24. The molecule has 0 spiro atoms. The van der Waals surface area contributed by atoms with Crippen LogP contribution in [-0.4, -0.2) is 36.9 Å². The lowest BCUT2D eigenvalue weighted by Crippen LogP contribution is -2.29. The smallest absolute Gasteiger partial charge is 0.137 e. The number of imidazole rings is 1. The molecule has 2 N–H and O–H groups in total. The quantitative estimate of drug-likeness (QED) is 0.291. The Kier molecular flexibility index (Phi) is 6.05. The molecule has 9 heteroatoms. The van der Waals surface area contributed by atoms with Gasteiger partial charge >= 0.3 is 0 Å². The van der Waals surface area contributed by atoms with Gasteiger partial charge in [0.1, 0.15) is 17.6 Å². The van der Waals surface area contributed by atoms with Crippen LogP contribution in [-0.2, 0) is 13.1 Å². The van der Waals surface area contributed by atoms with Gasteiger partial charge in [0.15, 0.2) is 0 Å². The summed E-state index contributed by atoms with van der Waals surface area (Å²) in [6.07, 6.45) is 18.8. The normalized spacial score (nSPS) is 15.1. The molecule has 1 aliphatic rings. The second-order valence-corrected chi connectivity index (χ2v) is 9.22. The molecule has 1 saturated heterocycles. The Labute approximate surface area is 208 Å². The van der Waals surface area contributed by atoms with Gasteiger partial charge in [0.2, 0.25) is 0 Å². The molecular weight excluding hydrogens is 452 g/mol. The van der Waals surface area contributed by atoms with Crippen LogP contribution in [0.5, 0.6) is 0 Å². The third-order valence-electron chi connectivity index (χ3n) is 6.69. The fourth-order valence-electron chi connectivity index (χ4n) is 4.86. The van der Waals surface area contributed by atoms with Crippen molar-refractivity contribution in [3.05, 3.63) is 90.8 Å². The van der Waals surface area contributed by atoms with E-state index in [-0.39, 0.29) is 0 Å². The van der Waals surface area contributed by atoms with Crippen molar-refractivity contribution in [3.63, 3.8) is 0 Å². The van der Waals surface area contributed by atoms with E-state index in [1.165, 1.54) is 37.9 Å². The molecule has 0 atom stereocenters. The zero-order chi connectivity index (χ0) is 24.3. The summed E-state index contributed by atoms with van der Waals surface area (Å²) in [5.41, 5.74) is 13.9. The third kappa shape index (κ3) is 4.52. The van der Waals surface area contributed by atoms with Crippen molar-refractivity contribution in [1.82, 2.24) is 29.2 Å². The van der Waals surface area contributed by atoms with Gasteiger partial charge in [-0.2, -0.15) is 5.11 Å². The van der Waals surface area contributed by atoms with Gasteiger partial charge in [0.25, 0.3) is 0 Å². The van der Waals surface area contributed by atoms with Crippen molar-refractivity contribution in [1.29, 1.82) is 5.53 Å². The number of fused-ring (bicyclic) bond motifs is 2. The first kappa shape index (κ1) is 22.2. The van der Waals surface area contributed by atoms with E-state index in [0.717, 1.165) is 40.0 Å². The number of likely N-dealkylation sites (tertiary alicyclic amines) is 1. The van der Waals surface area contributed by atoms with E-state index in [9.17, 15) is 0 Å². The average Bonchev–Trinajstić information content (AvgIpc) is 3.63. The van der Waals surface area contributed by atoms with E-state index < -0.39 is 0 Å². The molecule has 6 heterocycles. The molecule has 6 rings (SSSR count). The number of nitrogens with one attached hydrogen (secondary N) is 2. The van der Waals surface area contributed by atoms with Gasteiger partial charge in [-0.05, 0) is 49.7 Å². The molecule has 0 bridgehead atoms. The second kappa shape index (κ2) is 9.79. The minimum Gasteiger partial charge on any atom is -0.470 e. The summed E-state index contributed by atoms with van der Waals surface area (Å²) in [4.78, 5) is 11.6. The lowest BCUT2D eigenvalue weighted by atomic mass is 10.1. The molecule has 5 aromatic rings. The van der Waals surface area contributed by atoms with Gasteiger partial charge in [0, 0.05) is 48.5 Å². The van der Waals surface area contributed by atoms with Crippen molar-refractivity contribution < 1.29 is 4.42 Å². The average molecular weight is 481 g/mol. The fourth-order valence-corrected chi connectivity index (χ4v) is 4.86. The van der Waals surface area contributed by atoms with E-state index in [4.69, 9.17) is 14.9 Å². The van der Waals surface area contributed by atoms with Gasteiger partial charge in [-0.25, -0.2) is 10.5 Å². The standard InChI is InChI=1S/C27H28N8O/c28-32-25(22-10-24(13-29-11-22)35-9-6-21-18-36-19-26(21)35)14-30-12-23-17-34-16-20(4-5-27(34)31-23)15-33-7-2-1-3-8-33/h4-6,9-11,13-14,16-19,28,30H,1-3,7-8,12,15H2/b25-14-,32-28?. The topological polar surface area (TPSA) is 99.7 Å². The Balaban J connectivity index is 1.15. The first-order valence-corrected chi connectivity index (χ1v) is 12.3. The van der Waals surface area contributed by atoms with Crippen molar-refractivity contribution in [2.75, 3.05) is 13.1 Å². The van der Waals surface area contributed by atoms with Gasteiger partial charge in [0.05, 0.1) is 35.9 Å². The third-order valence-corrected chi connectivity index (χ3v) is 6.69. The zero-order valence-corrected chi connectivity index (χ0v) is 20.0. The van der Waals surface area contributed by atoms with Crippen molar-refractivity contribution >= 4 is 22.2 Å². The van der Waals surface area contributed by atoms with E-state index >= 15 is 0 Å². The maximum atomic E-state index is 7.69. The highest BCUT2D eigenvalue weighted by Crippen LogP contribution is 2.23. The van der Waals surface area contributed by atoms with Crippen LogP contribution in [0.25, 0.3) is 27.9 Å². The summed E-state index contributed by atoms with van der Waals surface area (Å²) in [6.45, 7) is 3.89.